The maximum Gasteiger partial charge on any atom is 0.261 e. The first-order chi connectivity index (χ1) is 7.86. The quantitative estimate of drug-likeness (QED) is 0.611. The fraction of sp³-hybridized carbons (Fsp3) is 0.500. The second-order valence-corrected chi connectivity index (χ2v) is 6.56. The molecule has 0 heterocycles. The minimum atomic E-state index is -3.68. The molecule has 0 saturated heterocycles. The Kier molecular flexibility index (Phi) is 4.83. The second kappa shape index (κ2) is 5.74. The maximum atomic E-state index is 11.3. The molecule has 0 aromatic heterocycles. The molecule has 0 unspecified atom stereocenters. The first kappa shape index (κ1) is 14.3. The minimum absolute atomic E-state index is 0.152. The molecule has 0 saturated carbocycles. The topological polar surface area (TPSA) is 43.4 Å². The van der Waals surface area contributed by atoms with E-state index in [1.807, 2.05) is 6.92 Å². The van der Waals surface area contributed by atoms with Gasteiger partial charge in [0.15, 0.2) is 0 Å². The fourth-order valence-electron chi connectivity index (χ4n) is 1.51. The Morgan fingerprint density at radius 3 is 2.41 bits per heavy atom. The molecular formula is C12H17ClO3S. The number of hydrogen-bond acceptors (Lipinski definition) is 3. The van der Waals surface area contributed by atoms with Crippen molar-refractivity contribution in [1.82, 2.24) is 0 Å². The monoisotopic (exact) mass is 276 g/mol. The first-order valence-corrected chi connectivity index (χ1v) is 7.86. The standard InChI is InChI=1S/C12H17ClO3S/c1-4-5-6-16-11-7-10(3)12(8-9(11)2)17(13,14)15/h7-8H,4-6H2,1-3H3. The van der Waals surface area contributed by atoms with Gasteiger partial charge < -0.3 is 4.74 Å². The summed E-state index contributed by atoms with van der Waals surface area (Å²) in [5.41, 5.74) is 1.39. The molecule has 1 rings (SSSR count). The molecule has 0 bridgehead atoms. The van der Waals surface area contributed by atoms with Crippen molar-refractivity contribution in [2.24, 2.45) is 0 Å². The van der Waals surface area contributed by atoms with Crippen molar-refractivity contribution in [2.45, 2.75) is 38.5 Å². The van der Waals surface area contributed by atoms with Gasteiger partial charge in [-0.25, -0.2) is 8.42 Å². The van der Waals surface area contributed by atoms with E-state index < -0.39 is 9.05 Å². The van der Waals surface area contributed by atoms with Crippen LogP contribution in [0.1, 0.15) is 30.9 Å². The molecular weight excluding hydrogens is 260 g/mol. The molecule has 3 nitrogen and oxygen atoms in total. The van der Waals surface area contributed by atoms with Gasteiger partial charge in [-0.2, -0.15) is 0 Å². The lowest BCUT2D eigenvalue weighted by atomic mass is 10.1. The van der Waals surface area contributed by atoms with Crippen LogP contribution in [0.15, 0.2) is 17.0 Å². The van der Waals surface area contributed by atoms with Crippen LogP contribution < -0.4 is 4.74 Å². The maximum absolute atomic E-state index is 11.3. The first-order valence-electron chi connectivity index (χ1n) is 5.55. The molecule has 0 N–H and O–H groups in total. The van der Waals surface area contributed by atoms with Gasteiger partial charge in [0, 0.05) is 10.7 Å². The summed E-state index contributed by atoms with van der Waals surface area (Å²) >= 11 is 0. The molecule has 0 spiro atoms. The summed E-state index contributed by atoms with van der Waals surface area (Å²) < 4.78 is 28.2. The van der Waals surface area contributed by atoms with Crippen LogP contribution in [-0.4, -0.2) is 15.0 Å². The van der Waals surface area contributed by atoms with Crippen molar-refractivity contribution >= 4 is 19.7 Å². The van der Waals surface area contributed by atoms with Crippen LogP contribution in [0.5, 0.6) is 5.75 Å². The number of unbranched alkanes of at least 4 members (excludes halogenated alkanes) is 1. The normalized spacial score (nSPS) is 11.5. The number of rotatable bonds is 5. The zero-order valence-electron chi connectivity index (χ0n) is 10.3. The van der Waals surface area contributed by atoms with Crippen LogP contribution in [0, 0.1) is 13.8 Å². The Morgan fingerprint density at radius 2 is 1.88 bits per heavy atom. The molecule has 0 amide bonds. The predicted octanol–water partition coefficient (Wildman–Crippen LogP) is 3.41. The lowest BCUT2D eigenvalue weighted by Crippen LogP contribution is -2.01. The number of halogens is 1. The predicted molar refractivity (Wildman–Crippen MR) is 69.4 cm³/mol. The van der Waals surface area contributed by atoms with E-state index in [1.165, 1.54) is 0 Å². The van der Waals surface area contributed by atoms with Gasteiger partial charge in [0.25, 0.3) is 9.05 Å². The minimum Gasteiger partial charge on any atom is -0.493 e. The summed E-state index contributed by atoms with van der Waals surface area (Å²) in [6.07, 6.45) is 2.04. The van der Waals surface area contributed by atoms with Crippen LogP contribution in [-0.2, 0) is 9.05 Å². The molecule has 0 aliphatic heterocycles. The molecule has 0 aliphatic rings. The van der Waals surface area contributed by atoms with Crippen LogP contribution in [0.3, 0.4) is 0 Å². The van der Waals surface area contributed by atoms with E-state index in [0.717, 1.165) is 24.2 Å². The highest BCUT2D eigenvalue weighted by Gasteiger charge is 2.15. The molecule has 1 aromatic rings. The van der Waals surface area contributed by atoms with Gasteiger partial charge in [-0.15, -0.1) is 0 Å². The van der Waals surface area contributed by atoms with Crippen molar-refractivity contribution in [3.63, 3.8) is 0 Å². The molecule has 0 radical (unpaired) electrons. The number of hydrogen-bond donors (Lipinski definition) is 0. The Morgan fingerprint density at radius 1 is 1.24 bits per heavy atom. The van der Waals surface area contributed by atoms with Crippen LogP contribution >= 0.6 is 10.7 Å². The third kappa shape index (κ3) is 3.89. The van der Waals surface area contributed by atoms with Gasteiger partial charge in [-0.05, 0) is 43.5 Å². The van der Waals surface area contributed by atoms with Crippen molar-refractivity contribution in [2.75, 3.05) is 6.61 Å². The third-order valence-corrected chi connectivity index (χ3v) is 3.95. The molecule has 0 fully saturated rings. The van der Waals surface area contributed by atoms with E-state index in [4.69, 9.17) is 15.4 Å². The average Bonchev–Trinajstić information content (AvgIpc) is 2.21. The van der Waals surface area contributed by atoms with E-state index in [2.05, 4.69) is 6.92 Å². The van der Waals surface area contributed by atoms with Gasteiger partial charge in [-0.1, -0.05) is 13.3 Å². The zero-order valence-corrected chi connectivity index (χ0v) is 11.9. The lowest BCUT2D eigenvalue weighted by Gasteiger charge is -2.11. The lowest BCUT2D eigenvalue weighted by molar-refractivity contribution is 0.307. The highest BCUT2D eigenvalue weighted by atomic mass is 35.7. The molecule has 0 aliphatic carbocycles. The second-order valence-electron chi connectivity index (χ2n) is 4.02. The van der Waals surface area contributed by atoms with Gasteiger partial charge >= 0.3 is 0 Å². The summed E-state index contributed by atoms with van der Waals surface area (Å²) in [6, 6.07) is 3.28. The van der Waals surface area contributed by atoms with Gasteiger partial charge in [0.2, 0.25) is 0 Å². The van der Waals surface area contributed by atoms with Crippen molar-refractivity contribution in [3.05, 3.63) is 23.3 Å². The van der Waals surface area contributed by atoms with E-state index >= 15 is 0 Å². The summed E-state index contributed by atoms with van der Waals surface area (Å²) in [5.74, 6) is 0.722. The van der Waals surface area contributed by atoms with Crippen LogP contribution in [0.2, 0.25) is 0 Å². The summed E-state index contributed by atoms with van der Waals surface area (Å²) in [6.45, 7) is 6.25. The van der Waals surface area contributed by atoms with E-state index in [9.17, 15) is 8.42 Å². The highest BCUT2D eigenvalue weighted by Crippen LogP contribution is 2.27. The number of ether oxygens (including phenoxy) is 1. The summed E-state index contributed by atoms with van der Waals surface area (Å²) in [7, 11) is 1.67. The van der Waals surface area contributed by atoms with E-state index in [-0.39, 0.29) is 4.90 Å². The smallest absolute Gasteiger partial charge is 0.261 e. The van der Waals surface area contributed by atoms with E-state index in [0.29, 0.717) is 12.2 Å². The summed E-state index contributed by atoms with van der Waals surface area (Å²) in [4.78, 5) is 0.152. The van der Waals surface area contributed by atoms with Gasteiger partial charge in [-0.3, -0.25) is 0 Å². The van der Waals surface area contributed by atoms with Gasteiger partial charge in [0.05, 0.1) is 11.5 Å². The number of benzene rings is 1. The molecule has 96 valence electrons. The van der Waals surface area contributed by atoms with Crippen molar-refractivity contribution in [1.29, 1.82) is 0 Å². The van der Waals surface area contributed by atoms with Crippen molar-refractivity contribution in [3.8, 4) is 5.75 Å². The number of aryl methyl sites for hydroxylation is 2. The summed E-state index contributed by atoms with van der Waals surface area (Å²) in [5, 5.41) is 0. The largest absolute Gasteiger partial charge is 0.493 e. The van der Waals surface area contributed by atoms with E-state index in [1.54, 1.807) is 19.1 Å². The Hall–Kier alpha value is -0.740. The zero-order chi connectivity index (χ0) is 13.1. The Labute approximate surface area is 107 Å². The molecule has 1 aromatic carbocycles. The van der Waals surface area contributed by atoms with Crippen molar-refractivity contribution < 1.29 is 13.2 Å². The fourth-order valence-corrected chi connectivity index (χ4v) is 2.77. The Balaban J connectivity index is 3.02. The van der Waals surface area contributed by atoms with Crippen LogP contribution in [0.4, 0.5) is 0 Å². The SMILES string of the molecule is CCCCOc1cc(C)c(S(=O)(=O)Cl)cc1C. The molecule has 17 heavy (non-hydrogen) atoms. The average molecular weight is 277 g/mol. The van der Waals surface area contributed by atoms with Crippen LogP contribution in [0.25, 0.3) is 0 Å². The Bertz CT molecular complexity index is 495. The van der Waals surface area contributed by atoms with Gasteiger partial charge in [0.1, 0.15) is 5.75 Å². The highest BCUT2D eigenvalue weighted by molar-refractivity contribution is 8.13. The molecule has 0 atom stereocenters. The third-order valence-electron chi connectivity index (χ3n) is 2.49. The molecule has 5 heteroatoms.